The summed E-state index contributed by atoms with van der Waals surface area (Å²) in [6.45, 7) is 4.96. The van der Waals surface area contributed by atoms with Crippen molar-refractivity contribution in [2.45, 2.75) is 19.4 Å². The van der Waals surface area contributed by atoms with Gasteiger partial charge in [0.25, 0.3) is 0 Å². The van der Waals surface area contributed by atoms with Crippen LogP contribution in [0.25, 0.3) is 0 Å². The molecule has 0 aromatic carbocycles. The molecule has 0 aromatic heterocycles. The van der Waals surface area contributed by atoms with E-state index < -0.39 is 17.9 Å². The molecule has 0 rings (SSSR count). The van der Waals surface area contributed by atoms with Gasteiger partial charge in [0.05, 0.1) is 6.04 Å². The first kappa shape index (κ1) is 9.84. The van der Waals surface area contributed by atoms with Crippen molar-refractivity contribution in [2.24, 2.45) is 5.73 Å². The van der Waals surface area contributed by atoms with Gasteiger partial charge in [-0.25, -0.2) is 0 Å². The van der Waals surface area contributed by atoms with Gasteiger partial charge in [-0.3, -0.25) is 14.9 Å². The van der Waals surface area contributed by atoms with Crippen LogP contribution in [0.4, 0.5) is 0 Å². The highest BCUT2D eigenvalue weighted by molar-refractivity contribution is 6.02. The van der Waals surface area contributed by atoms with Crippen molar-refractivity contribution in [1.29, 1.82) is 0 Å². The van der Waals surface area contributed by atoms with Crippen LogP contribution in [0.3, 0.4) is 0 Å². The molecule has 0 saturated carbocycles. The van der Waals surface area contributed by atoms with E-state index in [0.717, 1.165) is 6.08 Å². The molecule has 0 heterocycles. The lowest BCUT2D eigenvalue weighted by molar-refractivity contribution is -0.128. The minimum atomic E-state index is -0.612. The molecule has 62 valence electrons. The fraction of sp³-hybridized carbons (Fsp3) is 0.429. The lowest BCUT2D eigenvalue weighted by atomic mass is 10.2. The molecule has 0 spiro atoms. The molecule has 2 amide bonds. The molecule has 3 N–H and O–H groups in total. The van der Waals surface area contributed by atoms with Gasteiger partial charge in [0, 0.05) is 0 Å². The Bertz CT molecular complexity index is 177. The SMILES string of the molecule is C=CC(=O)NC(=O)C(N)CC. The van der Waals surface area contributed by atoms with Gasteiger partial charge in [-0.15, -0.1) is 0 Å². The van der Waals surface area contributed by atoms with Crippen molar-refractivity contribution >= 4 is 11.8 Å². The largest absolute Gasteiger partial charge is 0.320 e. The molecule has 0 aromatic rings. The van der Waals surface area contributed by atoms with E-state index in [2.05, 4.69) is 11.9 Å². The van der Waals surface area contributed by atoms with Gasteiger partial charge in [-0.05, 0) is 12.5 Å². The predicted octanol–water partition coefficient (Wildman–Crippen LogP) is -0.448. The first-order valence-electron chi connectivity index (χ1n) is 3.34. The zero-order chi connectivity index (χ0) is 8.85. The summed E-state index contributed by atoms with van der Waals surface area (Å²) in [7, 11) is 0. The van der Waals surface area contributed by atoms with Gasteiger partial charge < -0.3 is 5.73 Å². The number of imide groups is 1. The predicted molar refractivity (Wildman–Crippen MR) is 41.6 cm³/mol. The second kappa shape index (κ2) is 4.62. The Hall–Kier alpha value is -1.16. The van der Waals surface area contributed by atoms with E-state index in [1.54, 1.807) is 6.92 Å². The maximum Gasteiger partial charge on any atom is 0.249 e. The molecule has 0 aliphatic carbocycles. The number of hydrogen-bond donors (Lipinski definition) is 2. The molecule has 11 heavy (non-hydrogen) atoms. The highest BCUT2D eigenvalue weighted by atomic mass is 16.2. The van der Waals surface area contributed by atoms with Crippen LogP contribution in [-0.4, -0.2) is 17.9 Å². The maximum absolute atomic E-state index is 10.8. The summed E-state index contributed by atoms with van der Waals surface area (Å²) in [6, 6.07) is -0.612. The number of carbonyl (C=O) groups excluding carboxylic acids is 2. The average Bonchev–Trinajstić information content (AvgIpc) is 2.02. The second-order valence-corrected chi connectivity index (χ2v) is 2.07. The number of amides is 2. The highest BCUT2D eigenvalue weighted by Gasteiger charge is 2.11. The quantitative estimate of drug-likeness (QED) is 0.544. The Labute approximate surface area is 65.5 Å². The Balaban J connectivity index is 3.86. The molecule has 0 bridgehead atoms. The van der Waals surface area contributed by atoms with Crippen LogP contribution in [0.1, 0.15) is 13.3 Å². The van der Waals surface area contributed by atoms with E-state index in [9.17, 15) is 9.59 Å². The van der Waals surface area contributed by atoms with Gasteiger partial charge in [-0.2, -0.15) is 0 Å². The molecular formula is C7H12N2O2. The second-order valence-electron chi connectivity index (χ2n) is 2.07. The Kier molecular flexibility index (Phi) is 4.14. The Morgan fingerprint density at radius 2 is 2.27 bits per heavy atom. The van der Waals surface area contributed by atoms with Crippen molar-refractivity contribution in [3.63, 3.8) is 0 Å². The van der Waals surface area contributed by atoms with Gasteiger partial charge in [0.2, 0.25) is 11.8 Å². The summed E-state index contributed by atoms with van der Waals surface area (Å²) >= 11 is 0. The molecule has 0 aliphatic rings. The number of rotatable bonds is 3. The van der Waals surface area contributed by atoms with Crippen molar-refractivity contribution in [3.8, 4) is 0 Å². The van der Waals surface area contributed by atoms with Crippen molar-refractivity contribution in [2.75, 3.05) is 0 Å². The van der Waals surface area contributed by atoms with Crippen LogP contribution >= 0.6 is 0 Å². The normalized spacial score (nSPS) is 11.8. The van der Waals surface area contributed by atoms with Crippen molar-refractivity contribution in [1.82, 2.24) is 5.32 Å². The van der Waals surface area contributed by atoms with Gasteiger partial charge in [0.1, 0.15) is 0 Å². The fourth-order valence-corrected chi connectivity index (χ4v) is 0.451. The molecule has 1 atom stereocenters. The summed E-state index contributed by atoms with van der Waals surface area (Å²) in [5.41, 5.74) is 5.32. The molecule has 0 aliphatic heterocycles. The van der Waals surface area contributed by atoms with E-state index >= 15 is 0 Å². The van der Waals surface area contributed by atoms with E-state index in [0.29, 0.717) is 6.42 Å². The van der Waals surface area contributed by atoms with E-state index in [4.69, 9.17) is 5.73 Å². The minimum Gasteiger partial charge on any atom is -0.320 e. The Morgan fingerprint density at radius 1 is 1.73 bits per heavy atom. The van der Waals surface area contributed by atoms with E-state index in [1.165, 1.54) is 0 Å². The third-order valence-electron chi connectivity index (χ3n) is 1.21. The summed E-state index contributed by atoms with van der Waals surface area (Å²) in [6.07, 6.45) is 1.54. The number of hydrogen-bond acceptors (Lipinski definition) is 3. The standard InChI is InChI=1S/C7H12N2O2/c1-3-5(8)7(11)9-6(10)4-2/h4-5H,2-3,8H2,1H3,(H,9,10,11). The van der Waals surface area contributed by atoms with Crippen molar-refractivity contribution in [3.05, 3.63) is 12.7 Å². The van der Waals surface area contributed by atoms with Gasteiger partial charge >= 0.3 is 0 Å². The third-order valence-corrected chi connectivity index (χ3v) is 1.21. The Morgan fingerprint density at radius 3 is 2.64 bits per heavy atom. The fourth-order valence-electron chi connectivity index (χ4n) is 0.451. The summed E-state index contributed by atoms with van der Waals surface area (Å²) in [4.78, 5) is 21.4. The smallest absolute Gasteiger partial charge is 0.249 e. The first-order valence-corrected chi connectivity index (χ1v) is 3.34. The number of nitrogens with one attached hydrogen (secondary N) is 1. The monoisotopic (exact) mass is 156 g/mol. The zero-order valence-electron chi connectivity index (χ0n) is 6.46. The van der Waals surface area contributed by atoms with Gasteiger partial charge in [-0.1, -0.05) is 13.5 Å². The van der Waals surface area contributed by atoms with Crippen LogP contribution < -0.4 is 11.1 Å². The lowest BCUT2D eigenvalue weighted by Crippen LogP contribution is -2.42. The molecule has 4 nitrogen and oxygen atoms in total. The third kappa shape index (κ3) is 3.52. The summed E-state index contributed by atoms with van der Waals surface area (Å²) in [5.74, 6) is -0.976. The van der Waals surface area contributed by atoms with Crippen LogP contribution in [-0.2, 0) is 9.59 Å². The molecule has 4 heteroatoms. The van der Waals surface area contributed by atoms with E-state index in [1.807, 2.05) is 0 Å². The summed E-state index contributed by atoms with van der Waals surface area (Å²) in [5, 5.41) is 2.06. The molecule has 0 radical (unpaired) electrons. The molecule has 0 saturated heterocycles. The van der Waals surface area contributed by atoms with Crippen LogP contribution in [0.2, 0.25) is 0 Å². The number of carbonyl (C=O) groups is 2. The highest BCUT2D eigenvalue weighted by Crippen LogP contribution is 1.84. The summed E-state index contributed by atoms with van der Waals surface area (Å²) < 4.78 is 0. The average molecular weight is 156 g/mol. The van der Waals surface area contributed by atoms with E-state index in [-0.39, 0.29) is 0 Å². The zero-order valence-corrected chi connectivity index (χ0v) is 6.46. The van der Waals surface area contributed by atoms with Crippen LogP contribution in [0.15, 0.2) is 12.7 Å². The molecular weight excluding hydrogens is 144 g/mol. The van der Waals surface area contributed by atoms with Gasteiger partial charge in [0.15, 0.2) is 0 Å². The molecule has 1 unspecified atom stereocenters. The minimum absolute atomic E-state index is 0.461. The van der Waals surface area contributed by atoms with Crippen LogP contribution in [0.5, 0.6) is 0 Å². The topological polar surface area (TPSA) is 72.2 Å². The van der Waals surface area contributed by atoms with Crippen LogP contribution in [0, 0.1) is 0 Å². The molecule has 0 fully saturated rings. The maximum atomic E-state index is 10.8. The first-order chi connectivity index (χ1) is 5.11. The lowest BCUT2D eigenvalue weighted by Gasteiger charge is -2.06. The number of nitrogens with two attached hydrogens (primary N) is 1. The van der Waals surface area contributed by atoms with Crippen molar-refractivity contribution < 1.29 is 9.59 Å².